The molecule has 1 aliphatic rings. The molecular weight excluding hydrogens is 226 g/mol. The van der Waals surface area contributed by atoms with Gasteiger partial charge in [0.15, 0.2) is 0 Å². The normalized spacial score (nSPS) is 17.4. The van der Waals surface area contributed by atoms with Crippen molar-refractivity contribution in [3.05, 3.63) is 0 Å². The molecule has 0 aliphatic carbocycles. The molecule has 1 aromatic rings. The Morgan fingerprint density at radius 3 is 2.76 bits per heavy atom. The molecule has 0 bridgehead atoms. The zero-order chi connectivity index (χ0) is 12.3. The number of aromatic nitrogens is 4. The average molecular weight is 241 g/mol. The Morgan fingerprint density at radius 1 is 1.53 bits per heavy atom. The Balaban J connectivity index is 1.82. The summed E-state index contributed by atoms with van der Waals surface area (Å²) in [6.07, 6.45) is 1.60. The number of anilines is 1. The van der Waals surface area contributed by atoms with Gasteiger partial charge >= 0.3 is 5.97 Å². The van der Waals surface area contributed by atoms with Crippen molar-refractivity contribution < 1.29 is 14.6 Å². The number of rotatable bonds is 4. The number of aryl methyl sites for hydroxylation is 1. The highest BCUT2D eigenvalue weighted by molar-refractivity contribution is 5.68. The quantitative estimate of drug-likeness (QED) is 0.743. The van der Waals surface area contributed by atoms with Gasteiger partial charge in [-0.05, 0) is 23.3 Å². The fourth-order valence-electron chi connectivity index (χ4n) is 1.90. The van der Waals surface area contributed by atoms with Crippen LogP contribution in [0.15, 0.2) is 0 Å². The van der Waals surface area contributed by atoms with Gasteiger partial charge in [-0.1, -0.05) is 5.10 Å². The summed E-state index contributed by atoms with van der Waals surface area (Å²) in [7, 11) is 1.79. The van der Waals surface area contributed by atoms with Crippen molar-refractivity contribution in [3.63, 3.8) is 0 Å². The third-order valence-corrected chi connectivity index (χ3v) is 2.77. The largest absolute Gasteiger partial charge is 0.480 e. The molecule has 0 amide bonds. The van der Waals surface area contributed by atoms with Crippen molar-refractivity contribution in [3.8, 4) is 0 Å². The Bertz CT molecular complexity index is 386. The van der Waals surface area contributed by atoms with E-state index in [0.717, 1.165) is 31.9 Å². The molecule has 1 N–H and O–H groups in total. The molecule has 94 valence electrons. The minimum absolute atomic E-state index is 0.0172. The van der Waals surface area contributed by atoms with E-state index in [1.165, 1.54) is 0 Å². The molecule has 8 nitrogen and oxygen atoms in total. The van der Waals surface area contributed by atoms with E-state index in [0.29, 0.717) is 0 Å². The molecule has 2 rings (SSSR count). The number of nitrogens with zero attached hydrogens (tertiary/aromatic N) is 5. The molecule has 0 atom stereocenters. The SMILES string of the molecule is Cn1nnnc1N1CCC(OCC(=O)O)CC1. The Kier molecular flexibility index (Phi) is 3.52. The van der Waals surface area contributed by atoms with Gasteiger partial charge in [-0.2, -0.15) is 0 Å². The monoisotopic (exact) mass is 241 g/mol. The lowest BCUT2D eigenvalue weighted by molar-refractivity contribution is -0.144. The topological polar surface area (TPSA) is 93.4 Å². The smallest absolute Gasteiger partial charge is 0.329 e. The van der Waals surface area contributed by atoms with Crippen molar-refractivity contribution in [1.29, 1.82) is 0 Å². The van der Waals surface area contributed by atoms with Crippen LogP contribution < -0.4 is 4.90 Å². The van der Waals surface area contributed by atoms with Crippen LogP contribution in [-0.4, -0.2) is 57.1 Å². The predicted molar refractivity (Wildman–Crippen MR) is 57.6 cm³/mol. The van der Waals surface area contributed by atoms with Crippen molar-refractivity contribution in [2.75, 3.05) is 24.6 Å². The predicted octanol–water partition coefficient (Wildman–Crippen LogP) is -0.720. The van der Waals surface area contributed by atoms with Gasteiger partial charge in [0.25, 0.3) is 0 Å². The average Bonchev–Trinajstić information content (AvgIpc) is 2.73. The summed E-state index contributed by atoms with van der Waals surface area (Å²) in [5.74, 6) is -0.188. The molecule has 0 radical (unpaired) electrons. The van der Waals surface area contributed by atoms with Crippen molar-refractivity contribution in [2.45, 2.75) is 18.9 Å². The van der Waals surface area contributed by atoms with Crippen LogP contribution in [0, 0.1) is 0 Å². The third-order valence-electron chi connectivity index (χ3n) is 2.77. The zero-order valence-electron chi connectivity index (χ0n) is 9.61. The van der Waals surface area contributed by atoms with Gasteiger partial charge in [-0.3, -0.25) is 0 Å². The van der Waals surface area contributed by atoms with Crippen LogP contribution in [0.3, 0.4) is 0 Å². The number of tetrazole rings is 1. The molecule has 1 aromatic heterocycles. The second kappa shape index (κ2) is 5.09. The van der Waals surface area contributed by atoms with Crippen LogP contribution in [0.5, 0.6) is 0 Å². The fourth-order valence-corrected chi connectivity index (χ4v) is 1.90. The Labute approximate surface area is 98.2 Å². The van der Waals surface area contributed by atoms with Crippen LogP contribution >= 0.6 is 0 Å². The first kappa shape index (κ1) is 11.8. The minimum atomic E-state index is -0.926. The number of aliphatic carboxylic acids is 1. The number of hydrogen-bond acceptors (Lipinski definition) is 6. The van der Waals surface area contributed by atoms with Crippen LogP contribution in [0.2, 0.25) is 0 Å². The molecule has 17 heavy (non-hydrogen) atoms. The first-order valence-electron chi connectivity index (χ1n) is 5.47. The lowest BCUT2D eigenvalue weighted by atomic mass is 10.1. The Morgan fingerprint density at radius 2 is 2.24 bits per heavy atom. The molecular formula is C9H15N5O3. The standard InChI is InChI=1S/C9H15N5O3/c1-13-9(10-11-12-13)14-4-2-7(3-5-14)17-6-8(15)16/h7H,2-6H2,1H3,(H,15,16). The summed E-state index contributed by atoms with van der Waals surface area (Å²) >= 11 is 0. The van der Waals surface area contributed by atoms with Gasteiger partial charge in [-0.25, -0.2) is 9.48 Å². The number of piperidine rings is 1. The maximum atomic E-state index is 10.4. The maximum Gasteiger partial charge on any atom is 0.329 e. The Hall–Kier alpha value is -1.70. The van der Waals surface area contributed by atoms with Crippen molar-refractivity contribution in [2.24, 2.45) is 7.05 Å². The lowest BCUT2D eigenvalue weighted by Gasteiger charge is -2.31. The van der Waals surface area contributed by atoms with Crippen LogP contribution in [0.4, 0.5) is 5.95 Å². The van der Waals surface area contributed by atoms with E-state index < -0.39 is 5.97 Å². The van der Waals surface area contributed by atoms with Gasteiger partial charge in [0.1, 0.15) is 6.61 Å². The molecule has 1 fully saturated rings. The minimum Gasteiger partial charge on any atom is -0.480 e. The highest BCUT2D eigenvalue weighted by Gasteiger charge is 2.23. The number of hydrogen-bond donors (Lipinski definition) is 1. The van der Waals surface area contributed by atoms with Crippen LogP contribution in [0.25, 0.3) is 0 Å². The molecule has 8 heteroatoms. The molecule has 0 aromatic carbocycles. The summed E-state index contributed by atoms with van der Waals surface area (Å²) in [5, 5.41) is 19.8. The van der Waals surface area contributed by atoms with Crippen molar-refractivity contribution in [1.82, 2.24) is 20.2 Å². The van der Waals surface area contributed by atoms with Gasteiger partial charge in [0.2, 0.25) is 5.95 Å². The summed E-state index contributed by atoms with van der Waals surface area (Å²) in [6, 6.07) is 0. The van der Waals surface area contributed by atoms with E-state index in [4.69, 9.17) is 9.84 Å². The third kappa shape index (κ3) is 2.90. The van der Waals surface area contributed by atoms with Gasteiger partial charge in [0.05, 0.1) is 6.10 Å². The highest BCUT2D eigenvalue weighted by Crippen LogP contribution is 2.17. The van der Waals surface area contributed by atoms with E-state index >= 15 is 0 Å². The van der Waals surface area contributed by atoms with Gasteiger partial charge < -0.3 is 14.7 Å². The summed E-state index contributed by atoms with van der Waals surface area (Å²) in [4.78, 5) is 12.4. The van der Waals surface area contributed by atoms with E-state index in [1.807, 2.05) is 0 Å². The van der Waals surface area contributed by atoms with Crippen LogP contribution in [-0.2, 0) is 16.6 Å². The van der Waals surface area contributed by atoms with E-state index in [9.17, 15) is 4.79 Å². The number of carboxylic acid groups (broad SMARTS) is 1. The molecule has 1 saturated heterocycles. The molecule has 0 spiro atoms. The zero-order valence-corrected chi connectivity index (χ0v) is 9.61. The number of ether oxygens (including phenoxy) is 1. The fraction of sp³-hybridized carbons (Fsp3) is 0.778. The van der Waals surface area contributed by atoms with Gasteiger partial charge in [0, 0.05) is 20.1 Å². The van der Waals surface area contributed by atoms with Crippen LogP contribution in [0.1, 0.15) is 12.8 Å². The molecule has 1 aliphatic heterocycles. The second-order valence-electron chi connectivity index (χ2n) is 3.99. The first-order valence-corrected chi connectivity index (χ1v) is 5.47. The molecule has 2 heterocycles. The molecule has 0 unspecified atom stereocenters. The number of carboxylic acids is 1. The second-order valence-corrected chi connectivity index (χ2v) is 3.99. The van der Waals surface area contributed by atoms with E-state index in [1.54, 1.807) is 11.7 Å². The lowest BCUT2D eigenvalue weighted by Crippen LogP contribution is -2.39. The van der Waals surface area contributed by atoms with Crippen molar-refractivity contribution >= 4 is 11.9 Å². The highest BCUT2D eigenvalue weighted by atomic mass is 16.5. The molecule has 0 saturated carbocycles. The van der Waals surface area contributed by atoms with E-state index in [2.05, 4.69) is 20.4 Å². The van der Waals surface area contributed by atoms with E-state index in [-0.39, 0.29) is 12.7 Å². The van der Waals surface area contributed by atoms with Gasteiger partial charge in [-0.15, -0.1) is 0 Å². The maximum absolute atomic E-state index is 10.4. The summed E-state index contributed by atoms with van der Waals surface area (Å²) in [5.41, 5.74) is 0. The first-order chi connectivity index (χ1) is 8.16. The summed E-state index contributed by atoms with van der Waals surface area (Å²) in [6.45, 7) is 1.33. The number of carbonyl (C=O) groups is 1. The summed E-state index contributed by atoms with van der Waals surface area (Å²) < 4.78 is 6.88.